The number of aryl methyl sites for hydroxylation is 1. The summed E-state index contributed by atoms with van der Waals surface area (Å²) in [6.45, 7) is 2.57. The molecule has 0 atom stereocenters. The Bertz CT molecular complexity index is 772. The van der Waals surface area contributed by atoms with Gasteiger partial charge in [0.2, 0.25) is 0 Å². The zero-order valence-corrected chi connectivity index (χ0v) is 12.6. The van der Waals surface area contributed by atoms with Gasteiger partial charge in [-0.25, -0.2) is 0 Å². The average molecular weight is 286 g/mol. The maximum absolute atomic E-state index is 12.3. The van der Waals surface area contributed by atoms with Crippen LogP contribution in [0.3, 0.4) is 0 Å². The summed E-state index contributed by atoms with van der Waals surface area (Å²) in [5.74, 6) is 1.26. The van der Waals surface area contributed by atoms with E-state index in [2.05, 4.69) is 5.32 Å². The van der Waals surface area contributed by atoms with E-state index in [9.17, 15) is 4.79 Å². The molecule has 1 aliphatic heterocycles. The quantitative estimate of drug-likeness (QED) is 0.922. The summed E-state index contributed by atoms with van der Waals surface area (Å²) >= 11 is 0. The molecule has 0 aliphatic carbocycles. The topological polar surface area (TPSA) is 52.5 Å². The first kappa shape index (κ1) is 13.5. The molecule has 0 bridgehead atoms. The molecular weight excluding hydrogens is 268 g/mol. The third-order valence-corrected chi connectivity index (χ3v) is 3.99. The number of fused-ring (bicyclic) bond motifs is 3. The lowest BCUT2D eigenvalue weighted by Gasteiger charge is -2.09. The number of carbonyl (C=O) groups is 1. The molecule has 0 radical (unpaired) electrons. The number of methoxy groups -OCH3 is 2. The van der Waals surface area contributed by atoms with Crippen molar-refractivity contribution in [3.8, 4) is 11.5 Å². The largest absolute Gasteiger partial charge is 0.493 e. The van der Waals surface area contributed by atoms with Crippen LogP contribution >= 0.6 is 0 Å². The molecule has 0 saturated carbocycles. The number of rotatable bonds is 2. The molecule has 1 aromatic heterocycles. The summed E-state index contributed by atoms with van der Waals surface area (Å²) in [5.41, 5.74) is 3.67. The molecule has 1 aliphatic rings. The monoisotopic (exact) mass is 286 g/mol. The lowest BCUT2D eigenvalue weighted by atomic mass is 10.0. The van der Waals surface area contributed by atoms with Gasteiger partial charge in [0.15, 0.2) is 11.5 Å². The summed E-state index contributed by atoms with van der Waals surface area (Å²) in [4.78, 5) is 12.3. The van der Waals surface area contributed by atoms with Gasteiger partial charge >= 0.3 is 0 Å². The van der Waals surface area contributed by atoms with E-state index in [1.54, 1.807) is 14.2 Å². The van der Waals surface area contributed by atoms with Gasteiger partial charge in [0.1, 0.15) is 5.69 Å². The number of benzene rings is 1. The highest BCUT2D eigenvalue weighted by molar-refractivity contribution is 6.08. The summed E-state index contributed by atoms with van der Waals surface area (Å²) in [5, 5.41) is 3.89. The molecule has 1 aromatic carbocycles. The van der Waals surface area contributed by atoms with E-state index in [1.165, 1.54) is 0 Å². The van der Waals surface area contributed by atoms with E-state index >= 15 is 0 Å². The van der Waals surface area contributed by atoms with E-state index in [-0.39, 0.29) is 5.91 Å². The fraction of sp³-hybridized carbons (Fsp3) is 0.312. The molecule has 1 amide bonds. The highest BCUT2D eigenvalue weighted by Gasteiger charge is 2.25. The van der Waals surface area contributed by atoms with Crippen LogP contribution in [-0.4, -0.2) is 31.2 Å². The van der Waals surface area contributed by atoms with Crippen molar-refractivity contribution in [1.29, 1.82) is 0 Å². The standard InChI is InChI=1S/C16H18N2O3/c1-9-5-6-17-16(19)15-14(9)10-7-12(20-3)13(21-4)8-11(10)18(15)2/h5,7-8H,6H2,1-4H3,(H,17,19). The van der Waals surface area contributed by atoms with Gasteiger partial charge in [0, 0.05) is 30.6 Å². The minimum absolute atomic E-state index is 0.0604. The van der Waals surface area contributed by atoms with Crippen LogP contribution in [0.5, 0.6) is 11.5 Å². The Balaban J connectivity index is 2.43. The van der Waals surface area contributed by atoms with Gasteiger partial charge in [-0.15, -0.1) is 0 Å². The third kappa shape index (κ3) is 1.88. The molecule has 2 aromatic rings. The normalized spacial score (nSPS) is 14.3. The third-order valence-electron chi connectivity index (χ3n) is 3.99. The summed E-state index contributed by atoms with van der Waals surface area (Å²) in [6, 6.07) is 3.84. The van der Waals surface area contributed by atoms with Crippen molar-refractivity contribution >= 4 is 22.4 Å². The molecule has 2 heterocycles. The predicted molar refractivity (Wildman–Crippen MR) is 82.0 cm³/mol. The zero-order valence-electron chi connectivity index (χ0n) is 12.6. The van der Waals surface area contributed by atoms with Gasteiger partial charge in [0.25, 0.3) is 5.91 Å². The van der Waals surface area contributed by atoms with E-state index in [0.29, 0.717) is 23.7 Å². The number of aromatic nitrogens is 1. The van der Waals surface area contributed by atoms with Crippen LogP contribution in [0.2, 0.25) is 0 Å². The van der Waals surface area contributed by atoms with Crippen molar-refractivity contribution in [3.05, 3.63) is 29.5 Å². The molecule has 5 nitrogen and oxygen atoms in total. The van der Waals surface area contributed by atoms with Crippen LogP contribution in [0.15, 0.2) is 18.2 Å². The fourth-order valence-electron chi connectivity index (χ4n) is 2.91. The van der Waals surface area contributed by atoms with E-state index in [1.807, 2.05) is 36.7 Å². The van der Waals surface area contributed by atoms with Crippen molar-refractivity contribution in [2.75, 3.05) is 20.8 Å². The van der Waals surface area contributed by atoms with Crippen LogP contribution < -0.4 is 14.8 Å². The number of nitrogens with one attached hydrogen (secondary N) is 1. The second-order valence-corrected chi connectivity index (χ2v) is 5.10. The van der Waals surface area contributed by atoms with Gasteiger partial charge in [-0.1, -0.05) is 6.08 Å². The molecule has 110 valence electrons. The predicted octanol–water partition coefficient (Wildman–Crippen LogP) is 2.34. The van der Waals surface area contributed by atoms with Crippen molar-refractivity contribution in [2.45, 2.75) is 6.92 Å². The second-order valence-electron chi connectivity index (χ2n) is 5.10. The number of hydrogen-bond donors (Lipinski definition) is 1. The Kier molecular flexibility index (Phi) is 3.12. The van der Waals surface area contributed by atoms with Crippen molar-refractivity contribution in [2.24, 2.45) is 7.05 Å². The number of ether oxygens (including phenoxy) is 2. The molecule has 1 N–H and O–H groups in total. The summed E-state index contributed by atoms with van der Waals surface area (Å²) < 4.78 is 12.6. The van der Waals surface area contributed by atoms with Crippen LogP contribution in [-0.2, 0) is 7.05 Å². The SMILES string of the molecule is COc1cc2c3c(n(C)c2cc1OC)C(=O)NCC=C3C. The molecule has 3 rings (SSSR count). The highest BCUT2D eigenvalue weighted by atomic mass is 16.5. The van der Waals surface area contributed by atoms with Gasteiger partial charge in [0.05, 0.1) is 19.7 Å². The Morgan fingerprint density at radius 1 is 1.19 bits per heavy atom. The number of amides is 1. The van der Waals surface area contributed by atoms with Gasteiger partial charge in [-0.2, -0.15) is 0 Å². The van der Waals surface area contributed by atoms with Crippen molar-refractivity contribution in [1.82, 2.24) is 9.88 Å². The number of hydrogen-bond acceptors (Lipinski definition) is 3. The molecule has 0 unspecified atom stereocenters. The Hall–Kier alpha value is -2.43. The lowest BCUT2D eigenvalue weighted by molar-refractivity contribution is 0.0951. The van der Waals surface area contributed by atoms with Crippen molar-refractivity contribution < 1.29 is 14.3 Å². The van der Waals surface area contributed by atoms with E-state index < -0.39 is 0 Å². The molecule has 0 fully saturated rings. The Morgan fingerprint density at radius 2 is 1.86 bits per heavy atom. The van der Waals surface area contributed by atoms with Gasteiger partial charge in [-0.05, 0) is 18.6 Å². The first-order valence-corrected chi connectivity index (χ1v) is 6.78. The molecule has 21 heavy (non-hydrogen) atoms. The smallest absolute Gasteiger partial charge is 0.268 e. The van der Waals surface area contributed by atoms with Gasteiger partial charge in [-0.3, -0.25) is 4.79 Å². The minimum atomic E-state index is -0.0604. The molecule has 5 heteroatoms. The fourth-order valence-corrected chi connectivity index (χ4v) is 2.91. The first-order valence-electron chi connectivity index (χ1n) is 6.78. The summed E-state index contributed by atoms with van der Waals surface area (Å²) in [7, 11) is 5.11. The van der Waals surface area contributed by atoms with Crippen LogP contribution in [0.4, 0.5) is 0 Å². The second kappa shape index (κ2) is 4.84. The number of carbonyl (C=O) groups excluding carboxylic acids is 1. The number of allylic oxidation sites excluding steroid dienone is 1. The Morgan fingerprint density at radius 3 is 2.52 bits per heavy atom. The lowest BCUT2D eigenvalue weighted by Crippen LogP contribution is -2.24. The Labute approximate surface area is 123 Å². The molecule has 0 saturated heterocycles. The first-order chi connectivity index (χ1) is 10.1. The van der Waals surface area contributed by atoms with E-state index in [4.69, 9.17) is 9.47 Å². The van der Waals surface area contributed by atoms with Crippen molar-refractivity contribution in [3.63, 3.8) is 0 Å². The number of nitrogens with zero attached hydrogens (tertiary/aromatic N) is 1. The molecule has 0 spiro atoms. The van der Waals surface area contributed by atoms with Crippen LogP contribution in [0, 0.1) is 0 Å². The zero-order chi connectivity index (χ0) is 15.1. The summed E-state index contributed by atoms with van der Waals surface area (Å²) in [6.07, 6.45) is 2.03. The van der Waals surface area contributed by atoms with Gasteiger partial charge < -0.3 is 19.4 Å². The van der Waals surface area contributed by atoms with E-state index in [0.717, 1.165) is 22.0 Å². The highest BCUT2D eigenvalue weighted by Crippen LogP contribution is 2.38. The average Bonchev–Trinajstić information content (AvgIpc) is 2.68. The van der Waals surface area contributed by atoms with Crippen LogP contribution in [0.25, 0.3) is 16.5 Å². The molecular formula is C16H18N2O3. The maximum atomic E-state index is 12.3. The van der Waals surface area contributed by atoms with Crippen LogP contribution in [0.1, 0.15) is 23.0 Å². The minimum Gasteiger partial charge on any atom is -0.493 e. The maximum Gasteiger partial charge on any atom is 0.268 e.